The van der Waals surface area contributed by atoms with Crippen LogP contribution in [0.4, 0.5) is 11.4 Å². The molecule has 4 aromatic rings. The molecule has 2 aromatic carbocycles. The maximum absolute atomic E-state index is 9.13. The van der Waals surface area contributed by atoms with Gasteiger partial charge in [0.05, 0.1) is 34.6 Å². The smallest absolute Gasteiger partial charge is 0.181 e. The van der Waals surface area contributed by atoms with Gasteiger partial charge >= 0.3 is 0 Å². The number of nitrogens with zero attached hydrogens (tertiary/aromatic N) is 4. The molecule has 0 aliphatic heterocycles. The number of nitrogens with one attached hydrogen (secondary N) is 1. The van der Waals surface area contributed by atoms with Gasteiger partial charge in [-0.1, -0.05) is 23.2 Å². The Bertz CT molecular complexity index is 1280. The number of hydrogen-bond donors (Lipinski definition) is 3. The number of hydrogen-bond acceptors (Lipinski definition) is 7. The third kappa shape index (κ3) is 3.82. The van der Waals surface area contributed by atoms with E-state index in [1.54, 1.807) is 24.4 Å². The van der Waals surface area contributed by atoms with Gasteiger partial charge in [0.2, 0.25) is 0 Å². The number of aromatic nitrogens is 3. The van der Waals surface area contributed by atoms with Crippen molar-refractivity contribution in [2.75, 3.05) is 10.7 Å². The van der Waals surface area contributed by atoms with E-state index in [2.05, 4.69) is 15.2 Å². The predicted octanol–water partition coefficient (Wildman–Crippen LogP) is 4.39. The topological polar surface area (TPSA) is 130 Å². The molecule has 5 N–H and O–H groups in total. The van der Waals surface area contributed by atoms with E-state index in [0.29, 0.717) is 39.2 Å². The van der Waals surface area contributed by atoms with Gasteiger partial charge in [0.15, 0.2) is 11.4 Å². The summed E-state index contributed by atoms with van der Waals surface area (Å²) in [6.07, 6.45) is 1.67. The van der Waals surface area contributed by atoms with E-state index in [9.17, 15) is 0 Å². The van der Waals surface area contributed by atoms with Crippen LogP contribution in [0.1, 0.15) is 11.3 Å². The fourth-order valence-corrected chi connectivity index (χ4v) is 3.43. The molecule has 0 saturated carbocycles. The van der Waals surface area contributed by atoms with Crippen molar-refractivity contribution in [1.82, 2.24) is 15.2 Å². The lowest BCUT2D eigenvalue weighted by Gasteiger charge is -2.22. The molecule has 0 aliphatic carbocycles. The van der Waals surface area contributed by atoms with Crippen molar-refractivity contribution < 1.29 is 4.74 Å². The van der Waals surface area contributed by atoms with Gasteiger partial charge in [0.25, 0.3) is 0 Å². The van der Waals surface area contributed by atoms with Crippen LogP contribution in [0.25, 0.3) is 11.0 Å². The highest BCUT2D eigenvalue weighted by atomic mass is 35.5. The van der Waals surface area contributed by atoms with Crippen molar-refractivity contribution in [2.24, 2.45) is 5.84 Å². The molecule has 4 rings (SSSR count). The summed E-state index contributed by atoms with van der Waals surface area (Å²) in [6, 6.07) is 13.7. The summed E-state index contributed by atoms with van der Waals surface area (Å²) in [5.41, 5.74) is 8.79. The Morgan fingerprint density at radius 2 is 2.03 bits per heavy atom. The summed E-state index contributed by atoms with van der Waals surface area (Å²) in [5, 5.41) is 19.2. The van der Waals surface area contributed by atoms with Gasteiger partial charge in [-0.3, -0.25) is 5.10 Å². The Morgan fingerprint density at radius 1 is 1.20 bits per heavy atom. The number of nitrogens with two attached hydrogens (primary N) is 2. The summed E-state index contributed by atoms with van der Waals surface area (Å²) in [7, 11) is 0. The SMILES string of the molecule is N#Cc1cc(Cl)cc(Oc2c(Cl)ccc(N(N)Cc3[nH]nc4ncccc34)c2N)c1. The Kier molecular flexibility index (Phi) is 5.33. The van der Waals surface area contributed by atoms with Gasteiger partial charge < -0.3 is 15.5 Å². The lowest BCUT2D eigenvalue weighted by molar-refractivity contribution is 0.485. The van der Waals surface area contributed by atoms with Gasteiger partial charge in [-0.2, -0.15) is 10.4 Å². The predicted molar refractivity (Wildman–Crippen MR) is 116 cm³/mol. The second-order valence-corrected chi connectivity index (χ2v) is 7.25. The molecule has 0 atom stereocenters. The zero-order valence-electron chi connectivity index (χ0n) is 15.4. The van der Waals surface area contributed by atoms with E-state index < -0.39 is 0 Å². The molecule has 8 nitrogen and oxygen atoms in total. The summed E-state index contributed by atoms with van der Waals surface area (Å²) in [6.45, 7) is 0.295. The van der Waals surface area contributed by atoms with Crippen molar-refractivity contribution in [3.63, 3.8) is 0 Å². The number of anilines is 2. The van der Waals surface area contributed by atoms with Crippen molar-refractivity contribution in [3.05, 3.63) is 70.0 Å². The zero-order chi connectivity index (χ0) is 21.3. The second-order valence-electron chi connectivity index (χ2n) is 6.40. The third-order valence-electron chi connectivity index (χ3n) is 4.39. The lowest BCUT2D eigenvalue weighted by Crippen LogP contribution is -2.31. The van der Waals surface area contributed by atoms with Crippen LogP contribution in [-0.2, 0) is 6.54 Å². The second kappa shape index (κ2) is 8.08. The average molecular weight is 440 g/mol. The third-order valence-corrected chi connectivity index (χ3v) is 4.91. The lowest BCUT2D eigenvalue weighted by atomic mass is 10.2. The first-order valence-electron chi connectivity index (χ1n) is 8.73. The maximum atomic E-state index is 9.13. The van der Waals surface area contributed by atoms with Gasteiger partial charge in [0, 0.05) is 16.6 Å². The zero-order valence-corrected chi connectivity index (χ0v) is 16.9. The van der Waals surface area contributed by atoms with E-state index in [-0.39, 0.29) is 11.4 Å². The molecule has 30 heavy (non-hydrogen) atoms. The number of aromatic amines is 1. The minimum absolute atomic E-state index is 0.215. The number of nitriles is 1. The number of nitrogen functional groups attached to an aromatic ring is 1. The van der Waals surface area contributed by atoms with Crippen LogP contribution in [0.3, 0.4) is 0 Å². The Balaban J connectivity index is 1.65. The van der Waals surface area contributed by atoms with Crippen molar-refractivity contribution in [3.8, 4) is 17.6 Å². The van der Waals surface area contributed by atoms with Crippen LogP contribution >= 0.6 is 23.2 Å². The number of fused-ring (bicyclic) bond motifs is 1. The summed E-state index contributed by atoms with van der Waals surface area (Å²) in [5.74, 6) is 6.83. The van der Waals surface area contributed by atoms with Crippen molar-refractivity contribution in [2.45, 2.75) is 6.54 Å². The molecular weight excluding hydrogens is 425 g/mol. The molecule has 150 valence electrons. The summed E-state index contributed by atoms with van der Waals surface area (Å²) in [4.78, 5) is 4.20. The van der Waals surface area contributed by atoms with Crippen molar-refractivity contribution in [1.29, 1.82) is 5.26 Å². The molecule has 0 unspecified atom stereocenters. The van der Waals surface area contributed by atoms with E-state index >= 15 is 0 Å². The molecule has 10 heteroatoms. The van der Waals surface area contributed by atoms with Gasteiger partial charge in [-0.15, -0.1) is 0 Å². The molecular formula is C20H15Cl2N7O. The molecule has 0 radical (unpaired) electrons. The van der Waals surface area contributed by atoms with Crippen LogP contribution in [0.5, 0.6) is 11.5 Å². The van der Waals surface area contributed by atoms with E-state index in [0.717, 1.165) is 11.1 Å². The number of H-pyrrole nitrogens is 1. The minimum atomic E-state index is 0.215. The Hall–Kier alpha value is -3.51. The minimum Gasteiger partial charge on any atom is -0.453 e. The number of halogens is 2. The number of benzene rings is 2. The summed E-state index contributed by atoms with van der Waals surface area (Å²) < 4.78 is 5.85. The van der Waals surface area contributed by atoms with Crippen LogP contribution in [0, 0.1) is 11.3 Å². The standard InChI is InChI=1S/C20H15Cl2N7O/c21-12-6-11(9-23)7-13(8-12)30-19-15(22)3-4-17(18(19)24)29(25)10-16-14-2-1-5-26-20(14)28-27-16/h1-8H,10,24-25H2,(H,26,27,28). The van der Waals surface area contributed by atoms with Crippen LogP contribution in [0.2, 0.25) is 10.0 Å². The molecule has 2 heterocycles. The normalized spacial score (nSPS) is 10.7. The molecule has 0 amide bonds. The first-order chi connectivity index (χ1) is 14.5. The van der Waals surface area contributed by atoms with Gasteiger partial charge in [-0.25, -0.2) is 10.8 Å². The van der Waals surface area contributed by atoms with E-state index in [1.165, 1.54) is 17.1 Å². The Morgan fingerprint density at radius 3 is 2.83 bits per heavy atom. The van der Waals surface area contributed by atoms with Crippen LogP contribution < -0.4 is 21.3 Å². The fourth-order valence-electron chi connectivity index (χ4n) is 3.00. The van der Waals surface area contributed by atoms with Crippen LogP contribution in [0.15, 0.2) is 48.7 Å². The highest BCUT2D eigenvalue weighted by Gasteiger charge is 2.18. The molecule has 0 fully saturated rings. The molecule has 0 saturated heterocycles. The van der Waals surface area contributed by atoms with Gasteiger partial charge in [0.1, 0.15) is 11.4 Å². The number of pyridine rings is 1. The monoisotopic (exact) mass is 439 g/mol. The molecule has 0 bridgehead atoms. The first kappa shape index (κ1) is 19.8. The first-order valence-corrected chi connectivity index (χ1v) is 9.48. The number of hydrazine groups is 1. The number of ether oxygens (including phenoxy) is 1. The molecule has 0 aliphatic rings. The fraction of sp³-hybridized carbons (Fsp3) is 0.0500. The highest BCUT2D eigenvalue weighted by molar-refractivity contribution is 6.33. The maximum Gasteiger partial charge on any atom is 0.181 e. The van der Waals surface area contributed by atoms with Gasteiger partial charge in [-0.05, 0) is 42.5 Å². The number of rotatable bonds is 5. The summed E-state index contributed by atoms with van der Waals surface area (Å²) >= 11 is 12.3. The van der Waals surface area contributed by atoms with Crippen LogP contribution in [-0.4, -0.2) is 15.2 Å². The largest absolute Gasteiger partial charge is 0.453 e. The molecule has 0 spiro atoms. The quantitative estimate of drug-likeness (QED) is 0.238. The van der Waals surface area contributed by atoms with Crippen molar-refractivity contribution >= 4 is 45.6 Å². The highest BCUT2D eigenvalue weighted by Crippen LogP contribution is 2.41. The molecule has 2 aromatic heterocycles. The van der Waals surface area contributed by atoms with E-state index in [1.807, 2.05) is 18.2 Å². The Labute approximate surface area is 181 Å². The van der Waals surface area contributed by atoms with E-state index in [4.69, 9.17) is 44.8 Å². The average Bonchev–Trinajstić information content (AvgIpc) is 3.13.